The number of amides is 2. The number of hydrogen-bond donors (Lipinski definition) is 2. The molecule has 0 bridgehead atoms. The van der Waals surface area contributed by atoms with E-state index in [1.165, 1.54) is 0 Å². The summed E-state index contributed by atoms with van der Waals surface area (Å²) in [4.78, 5) is 37.9. The van der Waals surface area contributed by atoms with Crippen molar-refractivity contribution in [2.24, 2.45) is 0 Å². The predicted octanol–water partition coefficient (Wildman–Crippen LogP) is 1.94. The fraction of sp³-hybridized carbons (Fsp3) is 0.550. The van der Waals surface area contributed by atoms with Gasteiger partial charge in [-0.05, 0) is 52.9 Å². The SMILES string of the molecule is CC(C)(C)OC(=O)N[C@H]1C[C@H](NC(=O)c2nc(-n3ccnc3)nc3c2CCC3)C1. The van der Waals surface area contributed by atoms with E-state index >= 15 is 0 Å². The summed E-state index contributed by atoms with van der Waals surface area (Å²) in [5.41, 5.74) is 1.79. The van der Waals surface area contributed by atoms with Crippen molar-refractivity contribution in [1.82, 2.24) is 30.2 Å². The number of fused-ring (bicyclic) bond motifs is 1. The minimum absolute atomic E-state index is 0.00569. The normalized spacial score (nSPS) is 20.5. The van der Waals surface area contributed by atoms with Gasteiger partial charge in [-0.15, -0.1) is 0 Å². The van der Waals surface area contributed by atoms with Crippen LogP contribution in [0.25, 0.3) is 5.95 Å². The van der Waals surface area contributed by atoms with Gasteiger partial charge in [-0.1, -0.05) is 0 Å². The lowest BCUT2D eigenvalue weighted by Crippen LogP contribution is -2.54. The molecule has 2 aliphatic rings. The Balaban J connectivity index is 1.38. The zero-order valence-electron chi connectivity index (χ0n) is 16.9. The van der Waals surface area contributed by atoms with Crippen molar-refractivity contribution >= 4 is 12.0 Å². The van der Waals surface area contributed by atoms with Gasteiger partial charge < -0.3 is 15.4 Å². The molecule has 2 N–H and O–H groups in total. The zero-order valence-corrected chi connectivity index (χ0v) is 16.9. The van der Waals surface area contributed by atoms with Gasteiger partial charge in [0.15, 0.2) is 0 Å². The Hall–Kier alpha value is -2.97. The molecule has 1 saturated carbocycles. The molecule has 0 unspecified atom stereocenters. The van der Waals surface area contributed by atoms with E-state index in [-0.39, 0.29) is 18.0 Å². The number of nitrogens with zero attached hydrogens (tertiary/aromatic N) is 4. The molecule has 4 rings (SSSR count). The molecule has 0 saturated heterocycles. The van der Waals surface area contributed by atoms with E-state index in [1.54, 1.807) is 23.3 Å². The molecule has 2 amide bonds. The van der Waals surface area contributed by atoms with Crippen molar-refractivity contribution in [2.75, 3.05) is 0 Å². The van der Waals surface area contributed by atoms with E-state index in [9.17, 15) is 9.59 Å². The van der Waals surface area contributed by atoms with E-state index in [1.807, 2.05) is 20.8 Å². The lowest BCUT2D eigenvalue weighted by atomic mass is 9.86. The van der Waals surface area contributed by atoms with Crippen LogP contribution in [0.5, 0.6) is 0 Å². The second-order valence-electron chi connectivity index (χ2n) is 8.61. The van der Waals surface area contributed by atoms with Gasteiger partial charge in [0.05, 0.1) is 0 Å². The van der Waals surface area contributed by atoms with Crippen LogP contribution in [0.3, 0.4) is 0 Å². The molecule has 0 aromatic carbocycles. The molecule has 0 spiro atoms. The maximum Gasteiger partial charge on any atom is 0.407 e. The fourth-order valence-electron chi connectivity index (χ4n) is 3.68. The summed E-state index contributed by atoms with van der Waals surface area (Å²) < 4.78 is 6.97. The maximum atomic E-state index is 12.9. The van der Waals surface area contributed by atoms with Gasteiger partial charge in [-0.2, -0.15) is 0 Å². The molecule has 9 nitrogen and oxygen atoms in total. The van der Waals surface area contributed by atoms with Gasteiger partial charge in [-0.3, -0.25) is 9.36 Å². The van der Waals surface area contributed by atoms with Gasteiger partial charge >= 0.3 is 6.09 Å². The minimum Gasteiger partial charge on any atom is -0.444 e. The third-order valence-electron chi connectivity index (χ3n) is 5.07. The van der Waals surface area contributed by atoms with Crippen LogP contribution >= 0.6 is 0 Å². The number of carbonyl (C=O) groups excluding carboxylic acids is 2. The zero-order chi connectivity index (χ0) is 20.6. The molecule has 1 fully saturated rings. The summed E-state index contributed by atoms with van der Waals surface area (Å²) in [6, 6.07) is 0.0129. The monoisotopic (exact) mass is 398 g/mol. The smallest absolute Gasteiger partial charge is 0.407 e. The molecule has 2 aromatic heterocycles. The number of alkyl carbamates (subject to hydrolysis) is 1. The average Bonchev–Trinajstić information content (AvgIpc) is 3.28. The van der Waals surface area contributed by atoms with Crippen LogP contribution < -0.4 is 10.6 Å². The van der Waals surface area contributed by atoms with E-state index in [0.29, 0.717) is 24.5 Å². The number of hydrogen-bond acceptors (Lipinski definition) is 6. The molecule has 2 heterocycles. The molecule has 2 aromatic rings. The van der Waals surface area contributed by atoms with Crippen LogP contribution in [-0.2, 0) is 17.6 Å². The van der Waals surface area contributed by atoms with E-state index in [4.69, 9.17) is 4.74 Å². The number of aromatic nitrogens is 4. The standard InChI is InChI=1S/C20H26N6O3/c1-20(2,3)29-19(28)23-13-9-12(10-13)22-17(27)16-14-5-4-6-15(14)24-18(25-16)26-8-7-21-11-26/h7-8,11-13H,4-6,9-10H2,1-3H3,(H,22,27)(H,23,28)/t12-,13-. The van der Waals surface area contributed by atoms with Gasteiger partial charge in [0, 0.05) is 35.7 Å². The summed E-state index contributed by atoms with van der Waals surface area (Å²) in [6.07, 6.45) is 8.60. The van der Waals surface area contributed by atoms with Crippen LogP contribution in [0, 0.1) is 0 Å². The lowest BCUT2D eigenvalue weighted by molar-refractivity contribution is 0.0465. The first kappa shape index (κ1) is 19.4. The molecule has 2 aliphatic carbocycles. The molecule has 0 aliphatic heterocycles. The number of ether oxygens (including phenoxy) is 1. The molecule has 9 heteroatoms. The predicted molar refractivity (Wildman–Crippen MR) is 105 cm³/mol. The summed E-state index contributed by atoms with van der Waals surface area (Å²) in [7, 11) is 0. The van der Waals surface area contributed by atoms with E-state index in [2.05, 4.69) is 25.6 Å². The first-order valence-electron chi connectivity index (χ1n) is 9.97. The van der Waals surface area contributed by atoms with Crippen LogP contribution in [0.1, 0.15) is 61.8 Å². The number of carbonyl (C=O) groups is 2. The number of imidazole rings is 1. The Labute approximate surface area is 169 Å². The molecular formula is C20H26N6O3. The van der Waals surface area contributed by atoms with E-state index < -0.39 is 11.7 Å². The fourth-order valence-corrected chi connectivity index (χ4v) is 3.68. The van der Waals surface area contributed by atoms with Gasteiger partial charge in [0.2, 0.25) is 5.95 Å². The van der Waals surface area contributed by atoms with Crippen LogP contribution in [0.4, 0.5) is 4.79 Å². The molecule has 154 valence electrons. The average molecular weight is 398 g/mol. The highest BCUT2D eigenvalue weighted by Crippen LogP contribution is 2.25. The summed E-state index contributed by atoms with van der Waals surface area (Å²) in [5.74, 6) is 0.277. The first-order chi connectivity index (χ1) is 13.8. The lowest BCUT2D eigenvalue weighted by Gasteiger charge is -2.36. The van der Waals surface area contributed by atoms with Crippen molar-refractivity contribution < 1.29 is 14.3 Å². The van der Waals surface area contributed by atoms with Crippen molar-refractivity contribution in [3.05, 3.63) is 35.7 Å². The summed E-state index contributed by atoms with van der Waals surface area (Å²) >= 11 is 0. The van der Waals surface area contributed by atoms with Crippen molar-refractivity contribution in [3.63, 3.8) is 0 Å². The van der Waals surface area contributed by atoms with Gasteiger partial charge in [0.1, 0.15) is 17.6 Å². The Morgan fingerprint density at radius 3 is 2.59 bits per heavy atom. The molecular weight excluding hydrogens is 372 g/mol. The van der Waals surface area contributed by atoms with Gasteiger partial charge in [0.25, 0.3) is 5.91 Å². The first-order valence-corrected chi connectivity index (χ1v) is 9.97. The minimum atomic E-state index is -0.526. The Morgan fingerprint density at radius 2 is 1.90 bits per heavy atom. The van der Waals surface area contributed by atoms with Crippen LogP contribution in [-0.4, -0.2) is 49.2 Å². The second kappa shape index (κ2) is 7.46. The van der Waals surface area contributed by atoms with Crippen molar-refractivity contribution in [1.29, 1.82) is 0 Å². The molecule has 0 radical (unpaired) electrons. The van der Waals surface area contributed by atoms with Crippen LogP contribution in [0.2, 0.25) is 0 Å². The number of nitrogens with one attached hydrogen (secondary N) is 2. The largest absolute Gasteiger partial charge is 0.444 e. The highest BCUT2D eigenvalue weighted by molar-refractivity contribution is 5.94. The highest BCUT2D eigenvalue weighted by Gasteiger charge is 2.34. The molecule has 0 atom stereocenters. The topological polar surface area (TPSA) is 111 Å². The second-order valence-corrected chi connectivity index (χ2v) is 8.61. The Bertz CT molecular complexity index is 913. The molecule has 29 heavy (non-hydrogen) atoms. The summed E-state index contributed by atoms with van der Waals surface area (Å²) in [6.45, 7) is 5.48. The van der Waals surface area contributed by atoms with E-state index in [0.717, 1.165) is 30.5 Å². The number of rotatable bonds is 4. The van der Waals surface area contributed by atoms with Gasteiger partial charge in [-0.25, -0.2) is 19.7 Å². The Kier molecular flexibility index (Phi) is 4.97. The maximum absolute atomic E-state index is 12.9. The number of aryl methyl sites for hydroxylation is 1. The third-order valence-corrected chi connectivity index (χ3v) is 5.07. The van der Waals surface area contributed by atoms with Crippen molar-refractivity contribution in [2.45, 2.75) is 70.6 Å². The Morgan fingerprint density at radius 1 is 1.14 bits per heavy atom. The third kappa shape index (κ3) is 4.38. The van der Waals surface area contributed by atoms with Crippen LogP contribution in [0.15, 0.2) is 18.7 Å². The summed E-state index contributed by atoms with van der Waals surface area (Å²) in [5, 5.41) is 5.88. The van der Waals surface area contributed by atoms with Crippen molar-refractivity contribution in [3.8, 4) is 5.95 Å². The highest BCUT2D eigenvalue weighted by atomic mass is 16.6. The quantitative estimate of drug-likeness (QED) is 0.814.